The van der Waals surface area contributed by atoms with Crippen molar-refractivity contribution in [3.63, 3.8) is 0 Å². The van der Waals surface area contributed by atoms with Crippen molar-refractivity contribution in [3.05, 3.63) is 29.8 Å². The molecule has 160 valence electrons. The van der Waals surface area contributed by atoms with Gasteiger partial charge in [-0.3, -0.25) is 9.59 Å². The maximum Gasteiger partial charge on any atom is 0.306 e. The third-order valence-electron chi connectivity index (χ3n) is 7.75. The molecule has 1 N–H and O–H groups in total. The average molecular weight is 401 g/mol. The molecular formula is C25H36O4. The van der Waals surface area contributed by atoms with Gasteiger partial charge in [-0.15, -0.1) is 0 Å². The van der Waals surface area contributed by atoms with Gasteiger partial charge in [-0.1, -0.05) is 44.7 Å². The van der Waals surface area contributed by atoms with Crippen molar-refractivity contribution in [3.8, 4) is 5.75 Å². The van der Waals surface area contributed by atoms with Gasteiger partial charge in [0.1, 0.15) is 11.5 Å². The Balaban J connectivity index is 2.05. The molecule has 0 bridgehead atoms. The number of rotatable bonds is 8. The summed E-state index contributed by atoms with van der Waals surface area (Å²) < 4.78 is 5.37. The smallest absolute Gasteiger partial charge is 0.306 e. The molecule has 2 aliphatic rings. The van der Waals surface area contributed by atoms with Crippen molar-refractivity contribution in [2.75, 3.05) is 7.11 Å². The van der Waals surface area contributed by atoms with Gasteiger partial charge in [0.2, 0.25) is 0 Å². The van der Waals surface area contributed by atoms with Gasteiger partial charge < -0.3 is 9.84 Å². The number of benzene rings is 1. The van der Waals surface area contributed by atoms with Gasteiger partial charge in [0.05, 0.1) is 13.0 Å². The van der Waals surface area contributed by atoms with Crippen LogP contribution in [0.25, 0.3) is 0 Å². The SMILES string of the molecule is CCCCC(=O)C1(C2(c3ccc(OC)cc3)CCCCC2)CCC(C(=O)O)CC1. The number of ketones is 1. The molecule has 2 saturated carbocycles. The summed E-state index contributed by atoms with van der Waals surface area (Å²) in [7, 11) is 1.67. The minimum atomic E-state index is -0.707. The van der Waals surface area contributed by atoms with Crippen LogP contribution in [0.4, 0.5) is 0 Å². The first-order valence-electron chi connectivity index (χ1n) is 11.4. The fourth-order valence-electron chi connectivity index (χ4n) is 6.07. The van der Waals surface area contributed by atoms with Crippen LogP contribution in [0.15, 0.2) is 24.3 Å². The van der Waals surface area contributed by atoms with E-state index in [1.807, 2.05) is 12.1 Å². The van der Waals surface area contributed by atoms with E-state index in [0.717, 1.165) is 44.3 Å². The minimum absolute atomic E-state index is 0.175. The highest BCUT2D eigenvalue weighted by Crippen LogP contribution is 2.59. The molecule has 0 spiro atoms. The molecular weight excluding hydrogens is 364 g/mol. The molecule has 0 radical (unpaired) electrons. The van der Waals surface area contributed by atoms with Crippen LogP contribution in [0.2, 0.25) is 0 Å². The van der Waals surface area contributed by atoms with E-state index in [4.69, 9.17) is 4.74 Å². The number of Topliss-reactive ketones (excluding diaryl/α,β-unsaturated/α-hetero) is 1. The third kappa shape index (κ3) is 4.08. The van der Waals surface area contributed by atoms with Gasteiger partial charge in [-0.25, -0.2) is 0 Å². The van der Waals surface area contributed by atoms with E-state index in [1.54, 1.807) is 7.11 Å². The monoisotopic (exact) mass is 400 g/mol. The summed E-state index contributed by atoms with van der Waals surface area (Å²) >= 11 is 0. The molecule has 0 atom stereocenters. The van der Waals surface area contributed by atoms with Gasteiger partial charge in [-0.2, -0.15) is 0 Å². The summed E-state index contributed by atoms with van der Waals surface area (Å²) in [5, 5.41) is 9.54. The lowest BCUT2D eigenvalue weighted by Crippen LogP contribution is -2.54. The lowest BCUT2D eigenvalue weighted by molar-refractivity contribution is -0.149. The second-order valence-electron chi connectivity index (χ2n) is 9.09. The average Bonchev–Trinajstić information content (AvgIpc) is 2.77. The zero-order chi connectivity index (χ0) is 20.9. The molecule has 0 aromatic heterocycles. The number of aliphatic carboxylic acids is 1. The number of carboxylic acid groups (broad SMARTS) is 1. The fraction of sp³-hybridized carbons (Fsp3) is 0.680. The minimum Gasteiger partial charge on any atom is -0.497 e. The van der Waals surface area contributed by atoms with Crippen LogP contribution in [0, 0.1) is 11.3 Å². The van der Waals surface area contributed by atoms with E-state index in [-0.39, 0.29) is 11.3 Å². The maximum absolute atomic E-state index is 13.8. The number of unbranched alkanes of at least 4 members (excludes halogenated alkanes) is 1. The first-order valence-corrected chi connectivity index (χ1v) is 11.4. The molecule has 0 unspecified atom stereocenters. The van der Waals surface area contributed by atoms with Crippen molar-refractivity contribution in [2.45, 2.75) is 89.4 Å². The Morgan fingerprint density at radius 3 is 2.17 bits per heavy atom. The summed E-state index contributed by atoms with van der Waals surface area (Å²) in [6.45, 7) is 2.13. The highest BCUT2D eigenvalue weighted by Gasteiger charge is 2.57. The van der Waals surface area contributed by atoms with Crippen molar-refractivity contribution in [1.29, 1.82) is 0 Å². The largest absolute Gasteiger partial charge is 0.497 e. The number of methoxy groups -OCH3 is 1. The summed E-state index contributed by atoms with van der Waals surface area (Å²) in [5.41, 5.74) is 0.645. The molecule has 1 aromatic rings. The van der Waals surface area contributed by atoms with Crippen molar-refractivity contribution < 1.29 is 19.4 Å². The molecule has 0 saturated heterocycles. The van der Waals surface area contributed by atoms with Crippen LogP contribution >= 0.6 is 0 Å². The Hall–Kier alpha value is -1.84. The summed E-state index contributed by atoms with van der Waals surface area (Å²) in [6, 6.07) is 8.34. The maximum atomic E-state index is 13.8. The predicted molar refractivity (Wildman–Crippen MR) is 114 cm³/mol. The highest BCUT2D eigenvalue weighted by molar-refractivity contribution is 5.87. The number of carbonyl (C=O) groups is 2. The Kier molecular flexibility index (Phi) is 7.02. The molecule has 3 rings (SSSR count). The van der Waals surface area contributed by atoms with E-state index in [2.05, 4.69) is 19.1 Å². The van der Waals surface area contributed by atoms with E-state index in [0.29, 0.717) is 37.9 Å². The first-order chi connectivity index (χ1) is 14.0. The zero-order valence-electron chi connectivity index (χ0n) is 18.0. The van der Waals surface area contributed by atoms with Gasteiger partial charge >= 0.3 is 5.97 Å². The molecule has 2 aliphatic carbocycles. The van der Waals surface area contributed by atoms with Gasteiger partial charge in [0, 0.05) is 17.3 Å². The molecule has 0 heterocycles. The topological polar surface area (TPSA) is 63.6 Å². The standard InChI is InChI=1S/C25H36O4/c1-3-4-8-22(26)25(17-13-19(14-18-25)23(27)28)24(15-6-5-7-16-24)20-9-11-21(29-2)12-10-20/h9-12,19H,3-8,13-18H2,1-2H3,(H,27,28). The number of carboxylic acids is 1. The van der Waals surface area contributed by atoms with Crippen LogP contribution in [0.1, 0.15) is 89.5 Å². The van der Waals surface area contributed by atoms with Crippen molar-refractivity contribution in [1.82, 2.24) is 0 Å². The molecule has 0 aliphatic heterocycles. The first kappa shape index (κ1) is 21.9. The van der Waals surface area contributed by atoms with Crippen molar-refractivity contribution in [2.24, 2.45) is 11.3 Å². The van der Waals surface area contributed by atoms with Crippen LogP contribution in [0.3, 0.4) is 0 Å². The normalized spacial score (nSPS) is 26.6. The van der Waals surface area contributed by atoms with E-state index >= 15 is 0 Å². The second kappa shape index (κ2) is 9.32. The fourth-order valence-corrected chi connectivity index (χ4v) is 6.07. The Bertz CT molecular complexity index is 692. The van der Waals surface area contributed by atoms with Crippen LogP contribution < -0.4 is 4.74 Å². The van der Waals surface area contributed by atoms with Crippen LogP contribution in [-0.4, -0.2) is 24.0 Å². The second-order valence-corrected chi connectivity index (χ2v) is 9.09. The van der Waals surface area contributed by atoms with E-state index in [9.17, 15) is 14.7 Å². The Labute approximate surface area is 175 Å². The lowest BCUT2D eigenvalue weighted by atomic mass is 9.47. The lowest BCUT2D eigenvalue weighted by Gasteiger charge is -2.55. The molecule has 29 heavy (non-hydrogen) atoms. The quantitative estimate of drug-likeness (QED) is 0.588. The number of carbonyl (C=O) groups excluding carboxylic acids is 1. The van der Waals surface area contributed by atoms with Gasteiger partial charge in [0.15, 0.2) is 0 Å². The number of hydrogen-bond acceptors (Lipinski definition) is 3. The van der Waals surface area contributed by atoms with E-state index in [1.165, 1.54) is 12.0 Å². The molecule has 2 fully saturated rings. The molecule has 4 nitrogen and oxygen atoms in total. The summed E-state index contributed by atoms with van der Waals surface area (Å²) in [6.07, 6.45) is 10.7. The molecule has 1 aromatic carbocycles. The summed E-state index contributed by atoms with van der Waals surface area (Å²) in [5.74, 6) is 0.196. The van der Waals surface area contributed by atoms with Gasteiger partial charge in [-0.05, 0) is 62.6 Å². The highest BCUT2D eigenvalue weighted by atomic mass is 16.5. The van der Waals surface area contributed by atoms with E-state index < -0.39 is 11.4 Å². The number of ether oxygens (including phenoxy) is 1. The molecule has 0 amide bonds. The van der Waals surface area contributed by atoms with Crippen molar-refractivity contribution >= 4 is 11.8 Å². The molecule has 4 heteroatoms. The third-order valence-corrected chi connectivity index (χ3v) is 7.75. The summed E-state index contributed by atoms with van der Waals surface area (Å²) in [4.78, 5) is 25.4. The predicted octanol–water partition coefficient (Wildman–Crippen LogP) is 5.92. The Morgan fingerprint density at radius 2 is 1.66 bits per heavy atom. The van der Waals surface area contributed by atoms with Crippen LogP contribution in [-0.2, 0) is 15.0 Å². The Morgan fingerprint density at radius 1 is 1.03 bits per heavy atom. The van der Waals surface area contributed by atoms with Gasteiger partial charge in [0.25, 0.3) is 0 Å². The van der Waals surface area contributed by atoms with Crippen LogP contribution in [0.5, 0.6) is 5.75 Å². The zero-order valence-corrected chi connectivity index (χ0v) is 18.0. The number of hydrogen-bond donors (Lipinski definition) is 1.